The summed E-state index contributed by atoms with van der Waals surface area (Å²) < 4.78 is 12.9. The second-order valence-electron chi connectivity index (χ2n) is 3.55. The van der Waals surface area contributed by atoms with Gasteiger partial charge in [0.15, 0.2) is 6.10 Å². The van der Waals surface area contributed by atoms with E-state index in [9.17, 15) is 0 Å². The number of ether oxygens (including phenoxy) is 3. The van der Waals surface area contributed by atoms with Crippen LogP contribution in [0.1, 0.15) is 60.8 Å². The lowest BCUT2D eigenvalue weighted by Gasteiger charge is -2.00. The molecule has 0 aliphatic carbocycles. The summed E-state index contributed by atoms with van der Waals surface area (Å²) in [6, 6.07) is 0. The van der Waals surface area contributed by atoms with Crippen LogP contribution in [-0.2, 0) is 9.47 Å². The van der Waals surface area contributed by atoms with E-state index in [-0.39, 0.29) is 0 Å². The first-order valence-corrected chi connectivity index (χ1v) is 6.75. The van der Waals surface area contributed by atoms with Gasteiger partial charge in [-0.1, -0.05) is 27.2 Å². The molecule has 0 aromatic carbocycles. The summed E-state index contributed by atoms with van der Waals surface area (Å²) in [5.74, 6) is 0. The first-order valence-electron chi connectivity index (χ1n) is 6.75. The maximum atomic E-state index is 4.42. The van der Waals surface area contributed by atoms with Crippen LogP contribution in [0.15, 0.2) is 0 Å². The van der Waals surface area contributed by atoms with Crippen LogP contribution in [-0.4, -0.2) is 32.2 Å². The zero-order valence-electron chi connectivity index (χ0n) is 14.1. The number of methoxy groups -OCH3 is 2. The number of hydrogen-bond donors (Lipinski definition) is 0. The minimum Gasteiger partial charge on any atom is -0.434 e. The zero-order chi connectivity index (χ0) is 15.2. The second-order valence-corrected chi connectivity index (χ2v) is 3.55. The van der Waals surface area contributed by atoms with Crippen LogP contribution in [0.2, 0.25) is 0 Å². The predicted octanol–water partition coefficient (Wildman–Crippen LogP) is 4.38. The summed E-state index contributed by atoms with van der Waals surface area (Å²) in [4.78, 5) is 0. The van der Waals surface area contributed by atoms with Crippen molar-refractivity contribution < 1.29 is 14.2 Å². The van der Waals surface area contributed by atoms with Crippen molar-refractivity contribution in [3.05, 3.63) is 13.2 Å². The Morgan fingerprint density at radius 2 is 1.28 bits per heavy atom. The van der Waals surface area contributed by atoms with Gasteiger partial charge in [-0.15, -0.1) is 0 Å². The van der Waals surface area contributed by atoms with Gasteiger partial charge < -0.3 is 4.74 Å². The third kappa shape index (κ3) is 76.2. The highest BCUT2D eigenvalue weighted by Crippen LogP contribution is 1.94. The minimum atomic E-state index is 0.574. The van der Waals surface area contributed by atoms with Crippen LogP contribution < -0.4 is 0 Å². The molecule has 0 spiro atoms. The molecular weight excluding hydrogens is 228 g/mol. The molecule has 0 aromatic rings. The highest BCUT2D eigenvalue weighted by molar-refractivity contribution is 4.42. The summed E-state index contributed by atoms with van der Waals surface area (Å²) in [5.41, 5.74) is 0. The molecule has 1 unspecified atom stereocenters. The van der Waals surface area contributed by atoms with Crippen molar-refractivity contribution in [1.29, 1.82) is 0 Å². The van der Waals surface area contributed by atoms with Gasteiger partial charge >= 0.3 is 0 Å². The Balaban J connectivity index is -0.0000000775. The van der Waals surface area contributed by atoms with Gasteiger partial charge in [0.1, 0.15) is 21.0 Å². The Bertz CT molecular complexity index is 79.8. The third-order valence-corrected chi connectivity index (χ3v) is 1.62. The van der Waals surface area contributed by atoms with Crippen LogP contribution >= 0.6 is 0 Å². The minimum absolute atomic E-state index is 0.574. The highest BCUT2D eigenvalue weighted by Gasteiger charge is 1.97. The fourth-order valence-electron chi connectivity index (χ4n) is 0.547. The molecule has 0 radical (unpaired) electrons. The molecular formula is C15H37O3+3. The summed E-state index contributed by atoms with van der Waals surface area (Å²) in [7, 11) is 5.13. The Kier molecular flexibility index (Phi) is 52.4. The average Bonchev–Trinajstić information content (AvgIpc) is 2.40. The monoisotopic (exact) mass is 265 g/mol. The average molecular weight is 265 g/mol. The van der Waals surface area contributed by atoms with E-state index in [1.165, 1.54) is 19.3 Å². The first-order chi connectivity index (χ1) is 8.55. The second kappa shape index (κ2) is 36.0. The van der Waals surface area contributed by atoms with Crippen LogP contribution in [0, 0.1) is 13.2 Å². The molecule has 0 aliphatic rings. The van der Waals surface area contributed by atoms with Gasteiger partial charge in [0.2, 0.25) is 13.2 Å². The van der Waals surface area contributed by atoms with Gasteiger partial charge in [-0.3, -0.25) is 0 Å². The SMILES string of the molecule is CCC.CCCC(C)[OH+]C.C[CH+]OC.C[CH+]OC. The van der Waals surface area contributed by atoms with Gasteiger partial charge in [-0.2, -0.15) is 0 Å². The molecule has 0 amide bonds. The molecule has 18 heavy (non-hydrogen) atoms. The van der Waals surface area contributed by atoms with Crippen molar-refractivity contribution in [2.75, 3.05) is 21.3 Å². The molecule has 3 heteroatoms. The molecule has 0 saturated carbocycles. The standard InChI is InChI=1S/C6H14O.2C3H7O.C3H8/c1-4-5-6(2)7-3;2*1-3-4-2;1-3-2/h6H,4-5H2,1-3H3;2*3H,1-2H3;3H2,1-2H3/q;2*+1;/p+1. The van der Waals surface area contributed by atoms with E-state index in [0.29, 0.717) is 6.10 Å². The zero-order valence-corrected chi connectivity index (χ0v) is 14.1. The maximum Gasteiger partial charge on any atom is 0.223 e. The Hall–Kier alpha value is -0.380. The Morgan fingerprint density at radius 3 is 1.33 bits per heavy atom. The van der Waals surface area contributed by atoms with Crippen molar-refractivity contribution in [3.8, 4) is 0 Å². The van der Waals surface area contributed by atoms with Gasteiger partial charge in [0.05, 0.1) is 14.2 Å². The van der Waals surface area contributed by atoms with Crippen molar-refractivity contribution in [2.24, 2.45) is 0 Å². The number of hydrogen-bond acceptors (Lipinski definition) is 2. The lowest BCUT2D eigenvalue weighted by atomic mass is 10.2. The van der Waals surface area contributed by atoms with Crippen molar-refractivity contribution >= 4 is 0 Å². The van der Waals surface area contributed by atoms with E-state index in [1.54, 1.807) is 27.4 Å². The molecule has 0 aromatic heterocycles. The maximum absolute atomic E-state index is 4.42. The van der Waals surface area contributed by atoms with Crippen LogP contribution in [0.3, 0.4) is 0 Å². The van der Waals surface area contributed by atoms with Gasteiger partial charge in [0.25, 0.3) is 0 Å². The molecule has 112 valence electrons. The van der Waals surface area contributed by atoms with E-state index in [1.807, 2.05) is 21.0 Å². The molecule has 3 nitrogen and oxygen atoms in total. The fraction of sp³-hybridized carbons (Fsp3) is 0.867. The number of aliphatic hydroxyl groups is 2. The quantitative estimate of drug-likeness (QED) is 0.545. The number of rotatable bonds is 5. The molecule has 1 N–H and O–H groups in total. The van der Waals surface area contributed by atoms with E-state index in [0.717, 1.165) is 0 Å². The van der Waals surface area contributed by atoms with E-state index >= 15 is 0 Å². The predicted molar refractivity (Wildman–Crippen MR) is 82.4 cm³/mol. The van der Waals surface area contributed by atoms with Crippen molar-refractivity contribution in [1.82, 2.24) is 0 Å². The lowest BCUT2D eigenvalue weighted by Crippen LogP contribution is -2.07. The van der Waals surface area contributed by atoms with Gasteiger partial charge in [-0.05, 0) is 6.42 Å². The highest BCUT2D eigenvalue weighted by atomic mass is 16.5. The van der Waals surface area contributed by atoms with Crippen LogP contribution in [0.5, 0.6) is 0 Å². The summed E-state index contributed by atoms with van der Waals surface area (Å²) >= 11 is 0. The topological polar surface area (TPSA) is 31.3 Å². The Labute approximate surface area is 116 Å². The molecule has 1 atom stereocenters. The molecule has 0 heterocycles. The lowest BCUT2D eigenvalue weighted by molar-refractivity contribution is -0.0534. The van der Waals surface area contributed by atoms with Crippen LogP contribution in [0.4, 0.5) is 0 Å². The third-order valence-electron chi connectivity index (χ3n) is 1.62. The van der Waals surface area contributed by atoms with E-state index in [2.05, 4.69) is 41.9 Å². The van der Waals surface area contributed by atoms with E-state index < -0.39 is 0 Å². The molecule has 0 aliphatic heterocycles. The normalized spacial score (nSPS) is 9.39. The summed E-state index contributed by atoms with van der Waals surface area (Å²) in [6.07, 6.45) is 4.31. The van der Waals surface area contributed by atoms with Crippen molar-refractivity contribution in [3.63, 3.8) is 0 Å². The summed E-state index contributed by atoms with van der Waals surface area (Å²) in [6.45, 7) is 15.5. The molecule has 0 saturated heterocycles. The smallest absolute Gasteiger partial charge is 0.223 e. The summed E-state index contributed by atoms with van der Waals surface area (Å²) in [5, 5.41) is 0. The van der Waals surface area contributed by atoms with Gasteiger partial charge in [-0.25, -0.2) is 9.47 Å². The first kappa shape index (κ1) is 26.2. The van der Waals surface area contributed by atoms with Crippen LogP contribution in [0.25, 0.3) is 0 Å². The fourth-order valence-corrected chi connectivity index (χ4v) is 0.547. The van der Waals surface area contributed by atoms with Crippen molar-refractivity contribution in [2.45, 2.75) is 66.9 Å². The molecule has 0 fully saturated rings. The largest absolute Gasteiger partial charge is 0.434 e. The molecule has 0 bridgehead atoms. The molecule has 0 rings (SSSR count). The Morgan fingerprint density at radius 1 is 1.00 bits per heavy atom. The van der Waals surface area contributed by atoms with E-state index in [4.69, 9.17) is 0 Å². The van der Waals surface area contributed by atoms with Gasteiger partial charge in [0, 0.05) is 13.3 Å².